The normalized spacial score (nSPS) is 13.4. The van der Waals surface area contributed by atoms with Crippen molar-refractivity contribution in [1.82, 2.24) is 31.0 Å². The zero-order valence-corrected chi connectivity index (χ0v) is 20.1. The van der Waals surface area contributed by atoms with Crippen molar-refractivity contribution >= 4 is 34.8 Å². The SMILES string of the molecule is O=C(N[C@H](CNC(=O)c1ccc2cn(CCCNC3=NCCN3)nc2c1)C(=O)O)OCc1ccccc1. The minimum absolute atomic E-state index is 0.00104. The predicted octanol–water partition coefficient (Wildman–Crippen LogP) is 1.08. The van der Waals surface area contributed by atoms with Gasteiger partial charge in [0.25, 0.3) is 5.91 Å². The fraction of sp³-hybridized carbons (Fsp3) is 0.320. The van der Waals surface area contributed by atoms with Crippen LogP contribution in [-0.2, 0) is 22.7 Å². The van der Waals surface area contributed by atoms with Crippen molar-refractivity contribution in [2.75, 3.05) is 26.2 Å². The number of hydrogen-bond donors (Lipinski definition) is 5. The number of nitrogens with one attached hydrogen (secondary N) is 4. The Labute approximate surface area is 213 Å². The first-order valence-corrected chi connectivity index (χ1v) is 12.0. The van der Waals surface area contributed by atoms with E-state index >= 15 is 0 Å². The highest BCUT2D eigenvalue weighted by atomic mass is 16.5. The molecule has 0 bridgehead atoms. The van der Waals surface area contributed by atoms with Crippen LogP contribution >= 0.6 is 0 Å². The number of ether oxygens (including phenoxy) is 1. The van der Waals surface area contributed by atoms with Gasteiger partial charge in [-0.05, 0) is 24.1 Å². The van der Waals surface area contributed by atoms with Gasteiger partial charge in [-0.15, -0.1) is 0 Å². The van der Waals surface area contributed by atoms with Gasteiger partial charge in [0.15, 0.2) is 5.96 Å². The van der Waals surface area contributed by atoms with E-state index in [2.05, 4.69) is 31.4 Å². The van der Waals surface area contributed by atoms with Crippen molar-refractivity contribution in [2.24, 2.45) is 4.99 Å². The van der Waals surface area contributed by atoms with Crippen LogP contribution in [0.4, 0.5) is 4.79 Å². The molecule has 12 nitrogen and oxygen atoms in total. The number of fused-ring (bicyclic) bond motifs is 1. The number of aryl methyl sites for hydroxylation is 1. The lowest BCUT2D eigenvalue weighted by atomic mass is 10.1. The second-order valence-corrected chi connectivity index (χ2v) is 8.41. The maximum Gasteiger partial charge on any atom is 0.408 e. The molecule has 194 valence electrons. The summed E-state index contributed by atoms with van der Waals surface area (Å²) >= 11 is 0. The maximum atomic E-state index is 12.6. The van der Waals surface area contributed by atoms with E-state index in [1.807, 2.05) is 16.9 Å². The number of guanidine groups is 1. The molecule has 12 heteroatoms. The van der Waals surface area contributed by atoms with Crippen LogP contribution in [0.2, 0.25) is 0 Å². The van der Waals surface area contributed by atoms with Gasteiger partial charge in [0.1, 0.15) is 12.6 Å². The lowest BCUT2D eigenvalue weighted by Gasteiger charge is -2.15. The summed E-state index contributed by atoms with van der Waals surface area (Å²) in [5, 5.41) is 26.1. The number of amides is 2. The Morgan fingerprint density at radius 3 is 2.76 bits per heavy atom. The van der Waals surface area contributed by atoms with Crippen LogP contribution in [0.25, 0.3) is 10.9 Å². The molecule has 1 aromatic heterocycles. The molecule has 0 saturated heterocycles. The number of carbonyl (C=O) groups excluding carboxylic acids is 2. The minimum atomic E-state index is -1.35. The monoisotopic (exact) mass is 507 g/mol. The van der Waals surface area contributed by atoms with Gasteiger partial charge in [-0.1, -0.05) is 36.4 Å². The molecule has 1 aliphatic heterocycles. The summed E-state index contributed by atoms with van der Waals surface area (Å²) in [5.41, 5.74) is 1.75. The number of aliphatic imine (C=N–C) groups is 1. The number of carbonyl (C=O) groups is 3. The van der Waals surface area contributed by atoms with Gasteiger partial charge in [-0.3, -0.25) is 14.5 Å². The summed E-state index contributed by atoms with van der Waals surface area (Å²) in [4.78, 5) is 40.5. The second-order valence-electron chi connectivity index (χ2n) is 8.41. The molecule has 2 amide bonds. The van der Waals surface area contributed by atoms with Crippen LogP contribution in [-0.4, -0.2) is 71.0 Å². The molecule has 37 heavy (non-hydrogen) atoms. The number of carboxylic acid groups (broad SMARTS) is 1. The van der Waals surface area contributed by atoms with Crippen LogP contribution in [0.3, 0.4) is 0 Å². The van der Waals surface area contributed by atoms with E-state index in [1.54, 1.807) is 42.5 Å². The van der Waals surface area contributed by atoms with E-state index in [-0.39, 0.29) is 13.2 Å². The molecule has 2 heterocycles. The van der Waals surface area contributed by atoms with Gasteiger partial charge in [0.2, 0.25) is 0 Å². The lowest BCUT2D eigenvalue weighted by Crippen LogP contribution is -2.48. The summed E-state index contributed by atoms with van der Waals surface area (Å²) in [7, 11) is 0. The molecule has 2 aromatic carbocycles. The van der Waals surface area contributed by atoms with Gasteiger partial charge in [-0.25, -0.2) is 9.59 Å². The molecule has 5 N–H and O–H groups in total. The quantitative estimate of drug-likeness (QED) is 0.241. The standard InChI is InChI=1S/C25H29N7O5/c33-22(29-14-21(23(34)35)30-25(36)37-16-17-5-2-1-3-6-17)18-7-8-19-15-32(31-20(19)13-18)12-4-9-26-24-27-10-11-28-24/h1-3,5-8,13,15,21H,4,9-12,14,16H2,(H,29,33)(H,30,36)(H,34,35)(H2,26,27,28)/t21-/m1/s1. The van der Waals surface area contributed by atoms with Crippen molar-refractivity contribution in [3.8, 4) is 0 Å². The van der Waals surface area contributed by atoms with Crippen LogP contribution in [0.1, 0.15) is 22.3 Å². The molecule has 1 atom stereocenters. The van der Waals surface area contributed by atoms with Crippen LogP contribution in [0.15, 0.2) is 59.7 Å². The van der Waals surface area contributed by atoms with Crippen LogP contribution in [0.5, 0.6) is 0 Å². The molecule has 4 rings (SSSR count). The Morgan fingerprint density at radius 1 is 1.16 bits per heavy atom. The number of aliphatic carboxylic acids is 1. The fourth-order valence-electron chi connectivity index (χ4n) is 3.69. The van der Waals surface area contributed by atoms with Crippen molar-refractivity contribution in [1.29, 1.82) is 0 Å². The molecule has 0 unspecified atom stereocenters. The van der Waals surface area contributed by atoms with Gasteiger partial charge in [0.05, 0.1) is 12.1 Å². The van der Waals surface area contributed by atoms with Crippen LogP contribution < -0.4 is 21.3 Å². The number of rotatable bonds is 11. The van der Waals surface area contributed by atoms with Crippen molar-refractivity contribution in [3.05, 3.63) is 65.9 Å². The average Bonchev–Trinajstić information content (AvgIpc) is 3.57. The Balaban J connectivity index is 1.25. The topological polar surface area (TPSA) is 159 Å². The Hall–Kier alpha value is -4.61. The molecular weight excluding hydrogens is 478 g/mol. The van der Waals surface area contributed by atoms with E-state index in [4.69, 9.17) is 4.74 Å². The number of alkyl carbamates (subject to hydrolysis) is 1. The number of benzene rings is 2. The highest BCUT2D eigenvalue weighted by Crippen LogP contribution is 2.15. The van der Waals surface area contributed by atoms with Gasteiger partial charge in [-0.2, -0.15) is 5.10 Å². The third-order valence-electron chi connectivity index (χ3n) is 5.62. The largest absolute Gasteiger partial charge is 0.480 e. The lowest BCUT2D eigenvalue weighted by molar-refractivity contribution is -0.139. The van der Waals surface area contributed by atoms with Crippen molar-refractivity contribution < 1.29 is 24.2 Å². The summed E-state index contributed by atoms with van der Waals surface area (Å²) < 4.78 is 6.88. The summed E-state index contributed by atoms with van der Waals surface area (Å²) in [5.74, 6) is -0.946. The molecule has 0 aliphatic carbocycles. The minimum Gasteiger partial charge on any atom is -0.480 e. The molecule has 3 aromatic rings. The second kappa shape index (κ2) is 12.4. The molecular formula is C25H29N7O5. The smallest absolute Gasteiger partial charge is 0.408 e. The summed E-state index contributed by atoms with van der Waals surface area (Å²) in [6.45, 7) is 2.79. The molecule has 0 radical (unpaired) electrons. The number of aromatic nitrogens is 2. The average molecular weight is 508 g/mol. The van der Waals surface area contributed by atoms with Gasteiger partial charge in [0, 0.05) is 43.3 Å². The van der Waals surface area contributed by atoms with E-state index in [0.29, 0.717) is 17.6 Å². The molecule has 0 saturated carbocycles. The first-order chi connectivity index (χ1) is 18.0. The van der Waals surface area contributed by atoms with Gasteiger partial charge >= 0.3 is 12.1 Å². The molecule has 1 aliphatic rings. The molecule has 0 fully saturated rings. The van der Waals surface area contributed by atoms with E-state index in [0.717, 1.165) is 43.0 Å². The first kappa shape index (κ1) is 25.5. The zero-order chi connectivity index (χ0) is 26.0. The first-order valence-electron chi connectivity index (χ1n) is 12.0. The third kappa shape index (κ3) is 7.43. The predicted molar refractivity (Wildman–Crippen MR) is 136 cm³/mol. The number of hydrogen-bond acceptors (Lipinski definition) is 8. The van der Waals surface area contributed by atoms with E-state index in [1.165, 1.54) is 0 Å². The summed E-state index contributed by atoms with van der Waals surface area (Å²) in [6.07, 6.45) is 1.87. The maximum absolute atomic E-state index is 12.6. The fourth-order valence-corrected chi connectivity index (χ4v) is 3.69. The van der Waals surface area contributed by atoms with Crippen molar-refractivity contribution in [2.45, 2.75) is 25.6 Å². The highest BCUT2D eigenvalue weighted by Gasteiger charge is 2.22. The van der Waals surface area contributed by atoms with E-state index in [9.17, 15) is 19.5 Å². The highest BCUT2D eigenvalue weighted by molar-refractivity contribution is 5.98. The Bertz CT molecular complexity index is 1270. The van der Waals surface area contributed by atoms with Crippen molar-refractivity contribution in [3.63, 3.8) is 0 Å². The van der Waals surface area contributed by atoms with Gasteiger partial charge < -0.3 is 31.1 Å². The van der Waals surface area contributed by atoms with E-state index < -0.39 is 24.0 Å². The Kier molecular flexibility index (Phi) is 8.53. The zero-order valence-electron chi connectivity index (χ0n) is 20.1. The van der Waals surface area contributed by atoms with Crippen LogP contribution in [0, 0.1) is 0 Å². The third-order valence-corrected chi connectivity index (χ3v) is 5.62. The Morgan fingerprint density at radius 2 is 2.00 bits per heavy atom. The number of nitrogens with zero attached hydrogens (tertiary/aromatic N) is 3. The molecule has 0 spiro atoms. The summed E-state index contributed by atoms with van der Waals surface area (Å²) in [6, 6.07) is 12.7. The number of carboxylic acids is 1.